The van der Waals surface area contributed by atoms with Crippen molar-refractivity contribution in [1.82, 2.24) is 0 Å². The highest BCUT2D eigenvalue weighted by molar-refractivity contribution is 9.09. The van der Waals surface area contributed by atoms with Crippen LogP contribution in [0, 0.1) is 0 Å². The Morgan fingerprint density at radius 3 is 3.00 bits per heavy atom. The molecule has 2 nitrogen and oxygen atoms in total. The lowest BCUT2D eigenvalue weighted by molar-refractivity contribution is -0.141. The van der Waals surface area contributed by atoms with Gasteiger partial charge in [-0.3, -0.25) is 4.79 Å². The lowest BCUT2D eigenvalue weighted by Gasteiger charge is -2.04. The number of carbonyl (C=O) groups excluding carboxylic acids is 1. The highest BCUT2D eigenvalue weighted by Crippen LogP contribution is 2.16. The summed E-state index contributed by atoms with van der Waals surface area (Å²) in [7, 11) is 0. The van der Waals surface area contributed by atoms with Gasteiger partial charge in [-0.1, -0.05) is 15.9 Å². The Morgan fingerprint density at radius 1 is 1.78 bits per heavy atom. The molecule has 3 heteroatoms. The summed E-state index contributed by atoms with van der Waals surface area (Å²) in [5, 5.41) is 0.922. The summed E-state index contributed by atoms with van der Waals surface area (Å²) in [4.78, 5) is 10.5. The largest absolute Gasteiger partial charge is 0.462 e. The predicted octanol–water partition coefficient (Wildman–Crippen LogP) is 1.48. The van der Waals surface area contributed by atoms with Gasteiger partial charge < -0.3 is 4.74 Å². The first-order valence-electron chi connectivity index (χ1n) is 3.08. The molecule has 0 amide bonds. The van der Waals surface area contributed by atoms with Crippen LogP contribution in [0.3, 0.4) is 0 Å². The van der Waals surface area contributed by atoms with E-state index in [1.54, 1.807) is 0 Å². The van der Waals surface area contributed by atoms with Gasteiger partial charge in [-0.05, 0) is 12.8 Å². The molecular formula is C6H9BrO2. The first-order chi connectivity index (χ1) is 4.33. The molecule has 1 unspecified atom stereocenters. The minimum Gasteiger partial charge on any atom is -0.462 e. The first kappa shape index (κ1) is 7.06. The second kappa shape index (κ2) is 3.20. The molecule has 0 N–H and O–H groups in total. The van der Waals surface area contributed by atoms with E-state index >= 15 is 0 Å². The molecule has 1 fully saturated rings. The van der Waals surface area contributed by atoms with Gasteiger partial charge in [0.2, 0.25) is 0 Å². The second-order valence-electron chi connectivity index (χ2n) is 2.13. The number of halogens is 1. The van der Waals surface area contributed by atoms with Crippen molar-refractivity contribution in [2.24, 2.45) is 0 Å². The van der Waals surface area contributed by atoms with Crippen LogP contribution in [-0.4, -0.2) is 17.4 Å². The Kier molecular flexibility index (Phi) is 2.51. The van der Waals surface area contributed by atoms with Crippen LogP contribution in [-0.2, 0) is 9.53 Å². The lowest BCUT2D eigenvalue weighted by Crippen LogP contribution is -2.06. The highest BCUT2D eigenvalue weighted by Gasteiger charge is 2.21. The van der Waals surface area contributed by atoms with Crippen LogP contribution in [0.25, 0.3) is 0 Å². The van der Waals surface area contributed by atoms with E-state index in [0.717, 1.165) is 18.2 Å². The van der Waals surface area contributed by atoms with Crippen LogP contribution in [0.4, 0.5) is 0 Å². The molecule has 1 aliphatic heterocycles. The van der Waals surface area contributed by atoms with Crippen molar-refractivity contribution in [2.75, 3.05) is 5.33 Å². The van der Waals surface area contributed by atoms with Gasteiger partial charge in [0.25, 0.3) is 0 Å². The molecule has 1 heterocycles. The zero-order valence-corrected chi connectivity index (χ0v) is 6.69. The van der Waals surface area contributed by atoms with Gasteiger partial charge in [0, 0.05) is 11.8 Å². The fourth-order valence-corrected chi connectivity index (χ4v) is 1.42. The van der Waals surface area contributed by atoms with Gasteiger partial charge in [0.1, 0.15) is 6.10 Å². The summed E-state index contributed by atoms with van der Waals surface area (Å²) in [6.07, 6.45) is 2.66. The number of carbonyl (C=O) groups is 1. The van der Waals surface area contributed by atoms with Crippen molar-refractivity contribution >= 4 is 21.9 Å². The van der Waals surface area contributed by atoms with Gasteiger partial charge in [-0.2, -0.15) is 0 Å². The van der Waals surface area contributed by atoms with E-state index < -0.39 is 0 Å². The third kappa shape index (κ3) is 1.97. The third-order valence-electron chi connectivity index (χ3n) is 1.40. The number of hydrogen-bond acceptors (Lipinski definition) is 2. The van der Waals surface area contributed by atoms with Gasteiger partial charge >= 0.3 is 5.97 Å². The summed E-state index contributed by atoms with van der Waals surface area (Å²) in [5.41, 5.74) is 0. The van der Waals surface area contributed by atoms with Gasteiger partial charge in [-0.25, -0.2) is 0 Å². The SMILES string of the molecule is O=C1CCC(CCBr)O1. The number of alkyl halides is 1. The van der Waals surface area contributed by atoms with Crippen molar-refractivity contribution in [2.45, 2.75) is 25.4 Å². The minimum absolute atomic E-state index is 0.0408. The molecule has 0 aliphatic carbocycles. The van der Waals surface area contributed by atoms with E-state index in [1.165, 1.54) is 0 Å². The number of rotatable bonds is 2. The standard InChI is InChI=1S/C6H9BrO2/c7-4-3-5-1-2-6(8)9-5/h5H,1-4H2. The zero-order valence-electron chi connectivity index (χ0n) is 5.10. The minimum atomic E-state index is -0.0408. The van der Waals surface area contributed by atoms with E-state index in [1.807, 2.05) is 0 Å². The van der Waals surface area contributed by atoms with Crippen molar-refractivity contribution < 1.29 is 9.53 Å². The Morgan fingerprint density at radius 2 is 2.56 bits per heavy atom. The molecular weight excluding hydrogens is 184 g/mol. The molecule has 0 bridgehead atoms. The molecule has 0 aromatic rings. The highest BCUT2D eigenvalue weighted by atomic mass is 79.9. The van der Waals surface area contributed by atoms with Crippen LogP contribution < -0.4 is 0 Å². The zero-order chi connectivity index (χ0) is 6.69. The van der Waals surface area contributed by atoms with Crippen LogP contribution in [0.1, 0.15) is 19.3 Å². The number of esters is 1. The molecule has 1 atom stereocenters. The fourth-order valence-electron chi connectivity index (χ4n) is 0.908. The summed E-state index contributed by atoms with van der Waals surface area (Å²) in [6.45, 7) is 0. The van der Waals surface area contributed by atoms with Crippen LogP contribution in [0.2, 0.25) is 0 Å². The van der Waals surface area contributed by atoms with Crippen LogP contribution >= 0.6 is 15.9 Å². The summed E-state index contributed by atoms with van der Waals surface area (Å²) >= 11 is 3.29. The summed E-state index contributed by atoms with van der Waals surface area (Å²) in [5.74, 6) is -0.0408. The van der Waals surface area contributed by atoms with Crippen molar-refractivity contribution in [1.29, 1.82) is 0 Å². The molecule has 0 spiro atoms. The quantitative estimate of drug-likeness (QED) is 0.490. The third-order valence-corrected chi connectivity index (χ3v) is 1.86. The maximum absolute atomic E-state index is 10.5. The van der Waals surface area contributed by atoms with E-state index in [9.17, 15) is 4.79 Å². The Hall–Kier alpha value is -0.0500. The smallest absolute Gasteiger partial charge is 0.306 e. The average Bonchev–Trinajstić information content (AvgIpc) is 2.17. The molecule has 0 saturated carbocycles. The molecule has 9 heavy (non-hydrogen) atoms. The maximum Gasteiger partial charge on any atom is 0.306 e. The van der Waals surface area contributed by atoms with E-state index in [0.29, 0.717) is 6.42 Å². The normalized spacial score (nSPS) is 26.3. The molecule has 0 aromatic heterocycles. The summed E-state index contributed by atoms with van der Waals surface area (Å²) in [6, 6.07) is 0. The fraction of sp³-hybridized carbons (Fsp3) is 0.833. The van der Waals surface area contributed by atoms with Crippen molar-refractivity contribution in [3.05, 3.63) is 0 Å². The Bertz CT molecular complexity index is 114. The van der Waals surface area contributed by atoms with Crippen LogP contribution in [0.15, 0.2) is 0 Å². The monoisotopic (exact) mass is 192 g/mol. The maximum atomic E-state index is 10.5. The van der Waals surface area contributed by atoms with Gasteiger partial charge in [-0.15, -0.1) is 0 Å². The molecule has 1 saturated heterocycles. The lowest BCUT2D eigenvalue weighted by atomic mass is 10.2. The van der Waals surface area contributed by atoms with Crippen LogP contribution in [0.5, 0.6) is 0 Å². The summed E-state index contributed by atoms with van der Waals surface area (Å²) < 4.78 is 4.93. The first-order valence-corrected chi connectivity index (χ1v) is 4.20. The number of cyclic esters (lactones) is 1. The molecule has 1 aliphatic rings. The van der Waals surface area contributed by atoms with E-state index in [2.05, 4.69) is 15.9 Å². The number of hydrogen-bond donors (Lipinski definition) is 0. The Balaban J connectivity index is 2.22. The molecule has 0 aromatic carbocycles. The van der Waals surface area contributed by atoms with Crippen molar-refractivity contribution in [3.8, 4) is 0 Å². The molecule has 0 radical (unpaired) electrons. The topological polar surface area (TPSA) is 26.3 Å². The van der Waals surface area contributed by atoms with E-state index in [4.69, 9.17) is 4.74 Å². The van der Waals surface area contributed by atoms with E-state index in [-0.39, 0.29) is 12.1 Å². The van der Waals surface area contributed by atoms with Crippen molar-refractivity contribution in [3.63, 3.8) is 0 Å². The number of ether oxygens (including phenoxy) is 1. The van der Waals surface area contributed by atoms with Gasteiger partial charge in [0.15, 0.2) is 0 Å². The van der Waals surface area contributed by atoms with Gasteiger partial charge in [0.05, 0.1) is 0 Å². The Labute approximate surface area is 62.7 Å². The predicted molar refractivity (Wildman–Crippen MR) is 37.5 cm³/mol. The average molecular weight is 193 g/mol. The second-order valence-corrected chi connectivity index (χ2v) is 2.92. The molecule has 52 valence electrons. The molecule has 1 rings (SSSR count).